The van der Waals surface area contributed by atoms with Gasteiger partial charge in [-0.05, 0) is 12.2 Å². The third-order valence-electron chi connectivity index (χ3n) is 1.38. The van der Waals surface area contributed by atoms with Gasteiger partial charge < -0.3 is 5.11 Å². The molecule has 1 aliphatic rings. The van der Waals surface area contributed by atoms with Gasteiger partial charge in [-0.2, -0.15) is 0 Å². The van der Waals surface area contributed by atoms with Gasteiger partial charge in [0.2, 0.25) is 4.21 Å². The van der Waals surface area contributed by atoms with E-state index >= 15 is 0 Å². The number of halogens is 2. The lowest BCUT2D eigenvalue weighted by Crippen LogP contribution is -2.33. The summed E-state index contributed by atoms with van der Waals surface area (Å²) in [6, 6.07) is 0. The molecule has 0 saturated carbocycles. The molecule has 0 aromatic carbocycles. The number of alkyl halides is 2. The van der Waals surface area contributed by atoms with Gasteiger partial charge >= 0.3 is 5.97 Å². The predicted octanol–water partition coefficient (Wildman–Crippen LogP) is 1.75. The summed E-state index contributed by atoms with van der Waals surface area (Å²) in [7, 11) is 0. The summed E-state index contributed by atoms with van der Waals surface area (Å²) in [5, 5.41) is 8.16. The van der Waals surface area contributed by atoms with Gasteiger partial charge in [-0.3, -0.25) is 0 Å². The molecule has 2 nitrogen and oxygen atoms in total. The highest BCUT2D eigenvalue weighted by molar-refractivity contribution is 8.03. The number of aliphatic carboxylic acids is 1. The van der Waals surface area contributed by atoms with E-state index in [0.717, 1.165) is 5.75 Å². The van der Waals surface area contributed by atoms with Gasteiger partial charge in [-0.25, -0.2) is 4.79 Å². The van der Waals surface area contributed by atoms with Gasteiger partial charge in [0, 0.05) is 0 Å². The summed E-state index contributed by atoms with van der Waals surface area (Å²) in [4.78, 5) is 10.5. The smallest absolute Gasteiger partial charge is 0.336 e. The predicted molar refractivity (Wildman–Crippen MR) is 42.9 cm³/mol. The van der Waals surface area contributed by atoms with Crippen LogP contribution in [0.1, 0.15) is 6.42 Å². The van der Waals surface area contributed by atoms with Crippen molar-refractivity contribution in [1.82, 2.24) is 0 Å². The molecule has 1 aliphatic heterocycles. The van der Waals surface area contributed by atoms with Crippen LogP contribution in [0.3, 0.4) is 0 Å². The summed E-state index contributed by atoms with van der Waals surface area (Å²) in [5.41, 5.74) is 0. The van der Waals surface area contributed by atoms with Crippen LogP contribution in [-0.4, -0.2) is 26.4 Å². The summed E-state index contributed by atoms with van der Waals surface area (Å²) in [6.45, 7) is 0. The van der Waals surface area contributed by atoms with E-state index in [0.29, 0.717) is 6.42 Å². The first-order valence-electron chi connectivity index (χ1n) is 2.77. The highest BCUT2D eigenvalue weighted by Gasteiger charge is 2.48. The standard InChI is InChI=1S/C5H6Cl2O2S/c6-3-1-2-10-5(3,7)4(8)9/h3H,1-2H2,(H,8,9). The van der Waals surface area contributed by atoms with E-state index in [9.17, 15) is 4.79 Å². The summed E-state index contributed by atoms with van der Waals surface area (Å²) >= 11 is 12.6. The molecule has 1 saturated heterocycles. The maximum absolute atomic E-state index is 10.5. The second kappa shape index (κ2) is 2.80. The number of hydrogen-bond donors (Lipinski definition) is 1. The quantitative estimate of drug-likeness (QED) is 0.656. The molecule has 2 unspecified atom stereocenters. The molecule has 1 fully saturated rings. The molecule has 0 aromatic heterocycles. The van der Waals surface area contributed by atoms with Crippen molar-refractivity contribution in [2.45, 2.75) is 16.0 Å². The van der Waals surface area contributed by atoms with Gasteiger partial charge in [0.05, 0.1) is 5.38 Å². The van der Waals surface area contributed by atoms with E-state index in [1.807, 2.05) is 0 Å². The van der Waals surface area contributed by atoms with Crippen molar-refractivity contribution in [2.24, 2.45) is 0 Å². The zero-order valence-electron chi connectivity index (χ0n) is 5.01. The highest BCUT2D eigenvalue weighted by atomic mass is 35.5. The summed E-state index contributed by atoms with van der Waals surface area (Å²) in [5.74, 6) is -0.305. The number of carbonyl (C=O) groups is 1. The van der Waals surface area contributed by atoms with Crippen molar-refractivity contribution in [3.05, 3.63) is 0 Å². The molecular formula is C5H6Cl2O2S. The van der Waals surface area contributed by atoms with Gasteiger partial charge in [0.15, 0.2) is 0 Å². The van der Waals surface area contributed by atoms with E-state index in [2.05, 4.69) is 0 Å². The molecular weight excluding hydrogens is 195 g/mol. The van der Waals surface area contributed by atoms with Crippen LogP contribution in [0, 0.1) is 0 Å². The molecule has 2 atom stereocenters. The first-order valence-corrected chi connectivity index (χ1v) is 4.57. The SMILES string of the molecule is O=C(O)C1(Cl)SCCC1Cl. The number of thioether (sulfide) groups is 1. The van der Waals surface area contributed by atoms with Crippen LogP contribution in [0.2, 0.25) is 0 Å². The third kappa shape index (κ3) is 1.22. The van der Waals surface area contributed by atoms with Crippen LogP contribution in [0.25, 0.3) is 0 Å². The Kier molecular flexibility index (Phi) is 2.38. The van der Waals surface area contributed by atoms with Gasteiger partial charge in [0.25, 0.3) is 0 Å². The number of carboxylic acids is 1. The van der Waals surface area contributed by atoms with Gasteiger partial charge in [-0.1, -0.05) is 11.6 Å². The van der Waals surface area contributed by atoms with E-state index in [1.54, 1.807) is 0 Å². The van der Waals surface area contributed by atoms with E-state index in [-0.39, 0.29) is 0 Å². The largest absolute Gasteiger partial charge is 0.479 e. The molecule has 0 radical (unpaired) electrons. The van der Waals surface area contributed by atoms with Crippen molar-refractivity contribution < 1.29 is 9.90 Å². The van der Waals surface area contributed by atoms with E-state index < -0.39 is 15.6 Å². The maximum Gasteiger partial charge on any atom is 0.336 e. The first kappa shape index (κ1) is 8.50. The molecule has 1 heterocycles. The Morgan fingerprint density at radius 3 is 2.60 bits per heavy atom. The van der Waals surface area contributed by atoms with Crippen molar-refractivity contribution in [1.29, 1.82) is 0 Å². The molecule has 1 rings (SSSR count). The molecule has 58 valence electrons. The molecule has 5 heteroatoms. The molecule has 10 heavy (non-hydrogen) atoms. The molecule has 0 spiro atoms. The Balaban J connectivity index is 2.75. The van der Waals surface area contributed by atoms with Crippen LogP contribution < -0.4 is 0 Å². The summed E-state index contributed by atoms with van der Waals surface area (Å²) in [6.07, 6.45) is 0.669. The Bertz CT molecular complexity index is 164. The zero-order valence-corrected chi connectivity index (χ0v) is 7.34. The number of rotatable bonds is 1. The molecule has 1 N–H and O–H groups in total. The molecule has 0 amide bonds. The molecule has 0 aliphatic carbocycles. The van der Waals surface area contributed by atoms with Gasteiger partial charge in [-0.15, -0.1) is 23.4 Å². The van der Waals surface area contributed by atoms with Crippen LogP contribution in [0.4, 0.5) is 0 Å². The Morgan fingerprint density at radius 2 is 2.40 bits per heavy atom. The molecule has 0 aromatic rings. The van der Waals surface area contributed by atoms with Gasteiger partial charge in [0.1, 0.15) is 0 Å². The third-order valence-corrected chi connectivity index (χ3v) is 4.24. The topological polar surface area (TPSA) is 37.3 Å². The maximum atomic E-state index is 10.5. The minimum atomic E-state index is -1.28. The minimum absolute atomic E-state index is 0.448. The fourth-order valence-corrected chi connectivity index (χ4v) is 2.72. The van der Waals surface area contributed by atoms with Crippen molar-refractivity contribution in [2.75, 3.05) is 5.75 Å². The summed E-state index contributed by atoms with van der Waals surface area (Å²) < 4.78 is -1.28. The second-order valence-corrected chi connectivity index (χ2v) is 4.74. The van der Waals surface area contributed by atoms with Crippen LogP contribution in [-0.2, 0) is 4.79 Å². The second-order valence-electron chi connectivity index (χ2n) is 2.05. The lowest BCUT2D eigenvalue weighted by Gasteiger charge is -2.17. The lowest BCUT2D eigenvalue weighted by molar-refractivity contribution is -0.137. The number of hydrogen-bond acceptors (Lipinski definition) is 2. The van der Waals surface area contributed by atoms with E-state index in [1.165, 1.54) is 11.8 Å². The first-order chi connectivity index (χ1) is 4.57. The minimum Gasteiger partial charge on any atom is -0.479 e. The average Bonchev–Trinajstić information content (AvgIpc) is 2.15. The highest BCUT2D eigenvalue weighted by Crippen LogP contribution is 2.44. The van der Waals surface area contributed by atoms with Crippen LogP contribution >= 0.6 is 35.0 Å². The fraction of sp³-hybridized carbons (Fsp3) is 0.800. The lowest BCUT2D eigenvalue weighted by atomic mass is 10.2. The Hall–Kier alpha value is 0.400. The monoisotopic (exact) mass is 200 g/mol. The van der Waals surface area contributed by atoms with Crippen LogP contribution in [0.15, 0.2) is 0 Å². The zero-order chi connectivity index (χ0) is 7.78. The Morgan fingerprint density at radius 1 is 1.80 bits per heavy atom. The molecule has 0 bridgehead atoms. The number of carboxylic acid groups (broad SMARTS) is 1. The normalized spacial score (nSPS) is 40.0. The van der Waals surface area contributed by atoms with E-state index in [4.69, 9.17) is 28.3 Å². The van der Waals surface area contributed by atoms with Crippen molar-refractivity contribution >= 4 is 40.9 Å². The van der Waals surface area contributed by atoms with Crippen molar-refractivity contribution in [3.8, 4) is 0 Å². The average molecular weight is 201 g/mol. The van der Waals surface area contributed by atoms with Crippen LogP contribution in [0.5, 0.6) is 0 Å². The Labute approximate surface area is 72.9 Å². The fourth-order valence-electron chi connectivity index (χ4n) is 0.783. The van der Waals surface area contributed by atoms with Crippen molar-refractivity contribution in [3.63, 3.8) is 0 Å².